The van der Waals surface area contributed by atoms with Gasteiger partial charge >= 0.3 is 0 Å². The van der Waals surface area contributed by atoms with Crippen molar-refractivity contribution in [1.82, 2.24) is 29.0 Å². The van der Waals surface area contributed by atoms with Crippen molar-refractivity contribution in [3.63, 3.8) is 0 Å². The molecule has 1 aromatic carbocycles. The third-order valence-corrected chi connectivity index (χ3v) is 5.72. The van der Waals surface area contributed by atoms with Gasteiger partial charge < -0.3 is 14.2 Å². The lowest BCUT2D eigenvalue weighted by atomic mass is 10.1. The molecule has 4 heterocycles. The number of amides is 1. The fraction of sp³-hybridized carbons (Fsp3) is 0.364. The summed E-state index contributed by atoms with van der Waals surface area (Å²) in [6.45, 7) is 5.08. The largest absolute Gasteiger partial charge is 0.490 e. The van der Waals surface area contributed by atoms with Crippen molar-refractivity contribution in [3.8, 4) is 5.75 Å². The highest BCUT2D eigenvalue weighted by Gasteiger charge is 2.27. The summed E-state index contributed by atoms with van der Waals surface area (Å²) in [4.78, 5) is 23.4. The summed E-state index contributed by atoms with van der Waals surface area (Å²) in [5.41, 5.74) is 2.92. The number of rotatable bonds is 3. The molecule has 0 spiro atoms. The molecule has 0 radical (unpaired) electrons. The van der Waals surface area contributed by atoms with Gasteiger partial charge in [0.2, 0.25) is 5.82 Å². The van der Waals surface area contributed by atoms with E-state index in [1.54, 1.807) is 9.42 Å². The number of piperidine rings is 1. The zero-order chi connectivity index (χ0) is 20.8. The van der Waals surface area contributed by atoms with Gasteiger partial charge in [0.05, 0.1) is 5.52 Å². The summed E-state index contributed by atoms with van der Waals surface area (Å²) < 4.78 is 10.0. The van der Waals surface area contributed by atoms with E-state index in [2.05, 4.69) is 31.8 Å². The Morgan fingerprint density at radius 3 is 2.73 bits per heavy atom. The highest BCUT2D eigenvalue weighted by Crippen LogP contribution is 2.28. The zero-order valence-corrected chi connectivity index (χ0v) is 17.4. The Morgan fingerprint density at radius 2 is 1.93 bits per heavy atom. The minimum atomic E-state index is -0.152. The quantitative estimate of drug-likeness (QED) is 0.525. The SMILES string of the molecule is Cc1cc(C)n2nc(C(=O)N3CCC(Oc4cccc5c4ccn5C)CC3)nc2n1. The van der Waals surface area contributed by atoms with Gasteiger partial charge in [-0.2, -0.15) is 4.98 Å². The van der Waals surface area contributed by atoms with Crippen molar-refractivity contribution in [3.05, 3.63) is 53.7 Å². The monoisotopic (exact) mass is 404 g/mol. The lowest BCUT2D eigenvalue weighted by molar-refractivity contribution is 0.0587. The van der Waals surface area contributed by atoms with Gasteiger partial charge in [0, 0.05) is 55.9 Å². The first-order chi connectivity index (χ1) is 14.5. The van der Waals surface area contributed by atoms with Gasteiger partial charge in [0.1, 0.15) is 11.9 Å². The molecule has 1 saturated heterocycles. The van der Waals surface area contributed by atoms with Gasteiger partial charge in [-0.05, 0) is 38.1 Å². The molecule has 1 amide bonds. The lowest BCUT2D eigenvalue weighted by Gasteiger charge is -2.31. The summed E-state index contributed by atoms with van der Waals surface area (Å²) >= 11 is 0. The van der Waals surface area contributed by atoms with Crippen LogP contribution in [0.25, 0.3) is 16.7 Å². The smallest absolute Gasteiger partial charge is 0.293 e. The van der Waals surface area contributed by atoms with Crippen LogP contribution in [0, 0.1) is 13.8 Å². The molecule has 5 rings (SSSR count). The van der Waals surface area contributed by atoms with Gasteiger partial charge in [-0.25, -0.2) is 9.50 Å². The summed E-state index contributed by atoms with van der Waals surface area (Å²) in [5, 5.41) is 5.49. The number of fused-ring (bicyclic) bond motifs is 2. The predicted molar refractivity (Wildman–Crippen MR) is 113 cm³/mol. The minimum absolute atomic E-state index is 0.0837. The van der Waals surface area contributed by atoms with E-state index in [4.69, 9.17) is 4.74 Å². The lowest BCUT2D eigenvalue weighted by Crippen LogP contribution is -2.42. The van der Waals surface area contributed by atoms with E-state index in [-0.39, 0.29) is 17.8 Å². The number of aryl methyl sites for hydroxylation is 3. The van der Waals surface area contributed by atoms with Crippen LogP contribution in [0.1, 0.15) is 34.8 Å². The fourth-order valence-corrected chi connectivity index (χ4v) is 4.13. The van der Waals surface area contributed by atoms with E-state index in [0.29, 0.717) is 18.9 Å². The van der Waals surface area contributed by atoms with Crippen LogP contribution >= 0.6 is 0 Å². The summed E-state index contributed by atoms with van der Waals surface area (Å²) in [7, 11) is 2.03. The highest BCUT2D eigenvalue weighted by molar-refractivity contribution is 5.91. The third kappa shape index (κ3) is 3.18. The van der Waals surface area contributed by atoms with Gasteiger partial charge in [-0.3, -0.25) is 4.79 Å². The van der Waals surface area contributed by atoms with Crippen molar-refractivity contribution in [2.45, 2.75) is 32.8 Å². The van der Waals surface area contributed by atoms with Crippen molar-refractivity contribution in [2.24, 2.45) is 7.05 Å². The molecule has 0 bridgehead atoms. The normalized spacial score (nSPS) is 15.2. The number of carbonyl (C=O) groups excluding carboxylic acids is 1. The number of carbonyl (C=O) groups is 1. The molecule has 0 N–H and O–H groups in total. The van der Waals surface area contributed by atoms with Crippen LogP contribution < -0.4 is 4.74 Å². The van der Waals surface area contributed by atoms with Crippen LogP contribution in [0.5, 0.6) is 5.75 Å². The van der Waals surface area contributed by atoms with Crippen LogP contribution in [0.3, 0.4) is 0 Å². The maximum Gasteiger partial charge on any atom is 0.293 e. The second kappa shape index (κ2) is 7.12. The van der Waals surface area contributed by atoms with E-state index in [0.717, 1.165) is 40.9 Å². The van der Waals surface area contributed by atoms with Crippen LogP contribution in [0.4, 0.5) is 0 Å². The van der Waals surface area contributed by atoms with Gasteiger partial charge in [-0.1, -0.05) is 6.07 Å². The number of benzene rings is 1. The van der Waals surface area contributed by atoms with Crippen LogP contribution in [-0.2, 0) is 7.05 Å². The van der Waals surface area contributed by atoms with E-state index >= 15 is 0 Å². The molecule has 0 aliphatic carbocycles. The van der Waals surface area contributed by atoms with Crippen molar-refractivity contribution in [1.29, 1.82) is 0 Å². The van der Waals surface area contributed by atoms with Crippen LogP contribution in [0.2, 0.25) is 0 Å². The molecule has 0 unspecified atom stereocenters. The minimum Gasteiger partial charge on any atom is -0.490 e. The van der Waals surface area contributed by atoms with E-state index in [9.17, 15) is 4.79 Å². The number of hydrogen-bond donors (Lipinski definition) is 0. The maximum atomic E-state index is 12.9. The molecule has 8 nitrogen and oxygen atoms in total. The molecule has 8 heteroatoms. The summed E-state index contributed by atoms with van der Waals surface area (Å²) in [6.07, 6.45) is 3.68. The Labute approximate surface area is 174 Å². The number of hydrogen-bond acceptors (Lipinski definition) is 5. The summed E-state index contributed by atoms with van der Waals surface area (Å²) in [6, 6.07) is 10.1. The Morgan fingerprint density at radius 1 is 1.13 bits per heavy atom. The van der Waals surface area contributed by atoms with Crippen molar-refractivity contribution < 1.29 is 9.53 Å². The second-order valence-electron chi connectivity index (χ2n) is 7.91. The average molecular weight is 404 g/mol. The second-order valence-corrected chi connectivity index (χ2v) is 7.91. The number of nitrogens with zero attached hydrogens (tertiary/aromatic N) is 6. The summed E-state index contributed by atoms with van der Waals surface area (Å²) in [5.74, 6) is 1.41. The van der Waals surface area contributed by atoms with Crippen LogP contribution in [0.15, 0.2) is 36.5 Å². The van der Waals surface area contributed by atoms with Gasteiger partial charge in [0.25, 0.3) is 11.7 Å². The van der Waals surface area contributed by atoms with Gasteiger partial charge in [0.15, 0.2) is 0 Å². The molecule has 154 valence electrons. The van der Waals surface area contributed by atoms with Crippen LogP contribution in [-0.4, -0.2) is 54.1 Å². The number of ether oxygens (including phenoxy) is 1. The molecule has 4 aromatic rings. The molecule has 0 saturated carbocycles. The third-order valence-electron chi connectivity index (χ3n) is 5.72. The molecule has 3 aromatic heterocycles. The van der Waals surface area contributed by atoms with E-state index < -0.39 is 0 Å². The topological polar surface area (TPSA) is 77.5 Å². The Bertz CT molecular complexity index is 1250. The Kier molecular flexibility index (Phi) is 4.42. The fourth-order valence-electron chi connectivity index (χ4n) is 4.13. The average Bonchev–Trinajstić information content (AvgIpc) is 3.33. The molecular weight excluding hydrogens is 380 g/mol. The predicted octanol–water partition coefficient (Wildman–Crippen LogP) is 2.92. The Hall–Kier alpha value is -3.42. The van der Waals surface area contributed by atoms with Gasteiger partial charge in [-0.15, -0.1) is 5.10 Å². The first kappa shape index (κ1) is 18.6. The molecule has 1 aliphatic heterocycles. The molecule has 1 fully saturated rings. The molecular formula is C22H24N6O2. The number of likely N-dealkylation sites (tertiary alicyclic amines) is 1. The first-order valence-electron chi connectivity index (χ1n) is 10.2. The molecule has 0 atom stereocenters. The van der Waals surface area contributed by atoms with Crippen molar-refractivity contribution in [2.75, 3.05) is 13.1 Å². The zero-order valence-electron chi connectivity index (χ0n) is 17.4. The Balaban J connectivity index is 1.27. The molecule has 1 aliphatic rings. The highest BCUT2D eigenvalue weighted by atomic mass is 16.5. The van der Waals surface area contributed by atoms with E-state index in [1.165, 1.54) is 0 Å². The van der Waals surface area contributed by atoms with Crippen molar-refractivity contribution >= 4 is 22.6 Å². The molecule has 30 heavy (non-hydrogen) atoms. The maximum absolute atomic E-state index is 12.9. The number of aromatic nitrogens is 5. The standard InChI is InChI=1S/C22H24N6O2/c1-14-13-15(2)28-22(23-14)24-20(25-28)21(29)27-11-7-16(8-12-27)30-19-6-4-5-18-17(19)9-10-26(18)3/h4-6,9-10,13,16H,7-8,11-12H2,1-3H3. The first-order valence-corrected chi connectivity index (χ1v) is 10.2. The van der Waals surface area contributed by atoms with E-state index in [1.807, 2.05) is 45.3 Å².